The first kappa shape index (κ1) is 25.0. The summed E-state index contributed by atoms with van der Waals surface area (Å²) < 4.78 is 74.0. The summed E-state index contributed by atoms with van der Waals surface area (Å²) in [6, 6.07) is -2.99. The van der Waals surface area contributed by atoms with Crippen molar-refractivity contribution >= 4 is 39.2 Å². The van der Waals surface area contributed by atoms with E-state index < -0.39 is 42.4 Å². The quantitative estimate of drug-likeness (QED) is 0.205. The van der Waals surface area contributed by atoms with Gasteiger partial charge in [0.05, 0.1) is 0 Å². The third-order valence-electron chi connectivity index (χ3n) is 7.10. The SMILES string of the molecule is OC(C1CC2C=CC1C2)C(F)(F)F.OC(C1CC2CC1C([Si](Cl)(Cl)Cl)C2)C(F)(F)F. The van der Waals surface area contributed by atoms with Crippen molar-refractivity contribution in [1.82, 2.24) is 0 Å². The average Bonchev–Trinajstić information content (AvgIpc) is 3.37. The second-order valence-electron chi connectivity index (χ2n) is 8.97. The highest BCUT2D eigenvalue weighted by molar-refractivity contribution is 7.65. The molecule has 0 amide bonds. The van der Waals surface area contributed by atoms with Gasteiger partial charge >= 0.3 is 18.4 Å². The number of hydrogen-bond donors (Lipinski definition) is 2. The number of aliphatic hydroxyl groups is 2. The molecule has 12 heteroatoms. The van der Waals surface area contributed by atoms with E-state index in [2.05, 4.69) is 0 Å². The molecule has 4 rings (SSSR count). The second-order valence-corrected chi connectivity index (χ2v) is 17.9. The largest absolute Gasteiger partial charge is 0.414 e. The Morgan fingerprint density at radius 1 is 0.767 bits per heavy atom. The van der Waals surface area contributed by atoms with Crippen molar-refractivity contribution in [3.63, 3.8) is 0 Å². The van der Waals surface area contributed by atoms with Crippen LogP contribution >= 0.6 is 33.2 Å². The molecular weight excluding hydrogens is 497 g/mol. The molecule has 4 aliphatic carbocycles. The second kappa shape index (κ2) is 8.59. The smallest absolute Gasteiger partial charge is 0.383 e. The van der Waals surface area contributed by atoms with E-state index in [0.29, 0.717) is 25.7 Å². The summed E-state index contributed by atoms with van der Waals surface area (Å²) in [7, 11) is 0. The molecule has 2 N–H and O–H groups in total. The van der Waals surface area contributed by atoms with Crippen molar-refractivity contribution in [3.8, 4) is 0 Å². The highest BCUT2D eigenvalue weighted by atomic mass is 35.8. The van der Waals surface area contributed by atoms with Crippen LogP contribution in [-0.4, -0.2) is 40.8 Å². The van der Waals surface area contributed by atoms with Crippen LogP contribution in [0.4, 0.5) is 26.3 Å². The number of rotatable bonds is 3. The molecule has 30 heavy (non-hydrogen) atoms. The molecule has 0 radical (unpaired) electrons. The summed E-state index contributed by atoms with van der Waals surface area (Å²) in [4.78, 5) is 0. The standard InChI is InChI=1S/C9H12Cl3F3OSi.C9H11F3O/c10-17(11,12)7-3-4-1-5(7)6(2-4)8(16)9(13,14)15;10-9(11,12)8(13)7-4-5-1-2-6(7)3-5/h4-8,16H,1-3H2;1-2,5-8,13H,3-4H2. The van der Waals surface area contributed by atoms with Gasteiger partial charge in [0.1, 0.15) is 0 Å². The van der Waals surface area contributed by atoms with Crippen LogP contribution in [-0.2, 0) is 0 Å². The van der Waals surface area contributed by atoms with Crippen LogP contribution in [0, 0.1) is 35.5 Å². The lowest BCUT2D eigenvalue weighted by Crippen LogP contribution is -2.42. The van der Waals surface area contributed by atoms with E-state index in [0.717, 1.165) is 6.42 Å². The first-order valence-electron chi connectivity index (χ1n) is 9.83. The topological polar surface area (TPSA) is 40.5 Å². The molecule has 0 aromatic carbocycles. The Morgan fingerprint density at radius 3 is 1.73 bits per heavy atom. The highest BCUT2D eigenvalue weighted by Gasteiger charge is 2.59. The van der Waals surface area contributed by atoms with Crippen LogP contribution in [0.3, 0.4) is 0 Å². The molecule has 3 saturated carbocycles. The van der Waals surface area contributed by atoms with Gasteiger partial charge in [-0.3, -0.25) is 0 Å². The third kappa shape index (κ3) is 5.27. The van der Waals surface area contributed by atoms with Gasteiger partial charge in [-0.25, -0.2) is 0 Å². The molecule has 0 aliphatic heterocycles. The molecule has 0 aromatic heterocycles. The van der Waals surface area contributed by atoms with Crippen molar-refractivity contribution in [2.45, 2.75) is 62.2 Å². The molecule has 3 fully saturated rings. The Morgan fingerprint density at radius 2 is 1.33 bits per heavy atom. The summed E-state index contributed by atoms with van der Waals surface area (Å²) in [5.74, 6) is -1.28. The molecule has 4 bridgehead atoms. The van der Waals surface area contributed by atoms with Crippen molar-refractivity contribution in [3.05, 3.63) is 12.2 Å². The van der Waals surface area contributed by atoms with Gasteiger partial charge in [-0.1, -0.05) is 12.2 Å². The predicted octanol–water partition coefficient (Wildman–Crippen LogP) is 6.10. The summed E-state index contributed by atoms with van der Waals surface area (Å²) in [6.45, 7) is 0. The van der Waals surface area contributed by atoms with Gasteiger partial charge in [-0.05, 0) is 67.2 Å². The maximum atomic E-state index is 12.5. The molecule has 0 heterocycles. The lowest BCUT2D eigenvalue weighted by molar-refractivity contribution is -0.224. The minimum Gasteiger partial charge on any atom is -0.383 e. The Hall–Kier alpha value is 0.327. The molecule has 9 unspecified atom stereocenters. The molecule has 0 saturated heterocycles. The predicted molar refractivity (Wildman–Crippen MR) is 104 cm³/mol. The molecule has 174 valence electrons. The summed E-state index contributed by atoms with van der Waals surface area (Å²) in [6.07, 6.45) is -6.63. The molecule has 9 atom stereocenters. The van der Waals surface area contributed by atoms with E-state index in [4.69, 9.17) is 38.3 Å². The zero-order valence-corrected chi connectivity index (χ0v) is 19.0. The van der Waals surface area contributed by atoms with Gasteiger partial charge in [-0.2, -0.15) is 26.3 Å². The number of aliphatic hydroxyl groups excluding tert-OH is 2. The van der Waals surface area contributed by atoms with Gasteiger partial charge in [0.25, 0.3) is 0 Å². The van der Waals surface area contributed by atoms with Crippen LogP contribution in [0.25, 0.3) is 0 Å². The van der Waals surface area contributed by atoms with Gasteiger partial charge in [-0.15, -0.1) is 33.2 Å². The van der Waals surface area contributed by atoms with Gasteiger partial charge < -0.3 is 10.2 Å². The van der Waals surface area contributed by atoms with E-state index in [1.165, 1.54) is 0 Å². The van der Waals surface area contributed by atoms with E-state index in [1.54, 1.807) is 0 Å². The fourth-order valence-electron chi connectivity index (χ4n) is 5.82. The zero-order valence-electron chi connectivity index (χ0n) is 15.7. The number of alkyl halides is 6. The maximum absolute atomic E-state index is 12.5. The first-order valence-corrected chi connectivity index (χ1v) is 14.9. The molecule has 0 aromatic rings. The van der Waals surface area contributed by atoms with Gasteiger partial charge in [0.15, 0.2) is 12.2 Å². The summed E-state index contributed by atoms with van der Waals surface area (Å²) >= 11 is 17.8. The Bertz CT molecular complexity index is 653. The monoisotopic (exact) mass is 518 g/mol. The minimum atomic E-state index is -4.57. The van der Waals surface area contributed by atoms with Crippen molar-refractivity contribution in [2.24, 2.45) is 35.5 Å². The Labute approximate surface area is 185 Å². The first-order chi connectivity index (χ1) is 13.6. The van der Waals surface area contributed by atoms with Crippen LogP contribution in [0.5, 0.6) is 0 Å². The minimum absolute atomic E-state index is 0.0541. The Balaban J connectivity index is 0.000000177. The number of fused-ring (bicyclic) bond motifs is 4. The lowest BCUT2D eigenvalue weighted by atomic mass is 9.84. The summed E-state index contributed by atoms with van der Waals surface area (Å²) in [5, 5.41) is 18.4. The lowest BCUT2D eigenvalue weighted by Gasteiger charge is -2.35. The molecule has 2 nitrogen and oxygen atoms in total. The molecule has 0 spiro atoms. The molecular formula is C18H23Cl3F6O2Si. The average molecular weight is 520 g/mol. The van der Waals surface area contributed by atoms with E-state index in [9.17, 15) is 31.4 Å². The van der Waals surface area contributed by atoms with Gasteiger partial charge in [0.2, 0.25) is 0 Å². The fraction of sp³-hybridized carbons (Fsp3) is 0.889. The zero-order chi connectivity index (χ0) is 22.6. The number of hydrogen-bond acceptors (Lipinski definition) is 2. The van der Waals surface area contributed by atoms with Crippen LogP contribution in [0.2, 0.25) is 5.54 Å². The number of halogens is 9. The van der Waals surface area contributed by atoms with Crippen LogP contribution < -0.4 is 0 Å². The van der Waals surface area contributed by atoms with E-state index in [1.807, 2.05) is 12.2 Å². The number of allylic oxidation sites excluding steroid dienone is 2. The van der Waals surface area contributed by atoms with Crippen LogP contribution in [0.1, 0.15) is 32.1 Å². The van der Waals surface area contributed by atoms with E-state index in [-0.39, 0.29) is 29.2 Å². The molecule has 4 aliphatic rings. The Kier molecular flexibility index (Phi) is 7.15. The maximum Gasteiger partial charge on any atom is 0.414 e. The normalized spacial score (nSPS) is 39.8. The summed E-state index contributed by atoms with van der Waals surface area (Å²) in [5.41, 5.74) is -0.242. The van der Waals surface area contributed by atoms with Gasteiger partial charge in [0, 0.05) is 5.92 Å². The van der Waals surface area contributed by atoms with Crippen LogP contribution in [0.15, 0.2) is 12.2 Å². The highest BCUT2D eigenvalue weighted by Crippen LogP contribution is 2.62. The fourth-order valence-corrected chi connectivity index (χ4v) is 9.54. The van der Waals surface area contributed by atoms with Crippen molar-refractivity contribution in [2.75, 3.05) is 0 Å². The van der Waals surface area contributed by atoms with Crippen molar-refractivity contribution in [1.29, 1.82) is 0 Å². The van der Waals surface area contributed by atoms with Crippen molar-refractivity contribution < 1.29 is 36.6 Å². The third-order valence-corrected chi connectivity index (χ3v) is 11.1. The van der Waals surface area contributed by atoms with E-state index >= 15 is 0 Å².